The molecular weight excluding hydrogens is 266 g/mol. The summed E-state index contributed by atoms with van der Waals surface area (Å²) < 4.78 is 2.80. The van der Waals surface area contributed by atoms with Crippen LogP contribution in [0.25, 0.3) is 5.69 Å². The number of rotatable bonds is 3. The van der Waals surface area contributed by atoms with E-state index < -0.39 is 0 Å². The van der Waals surface area contributed by atoms with Crippen molar-refractivity contribution in [2.45, 2.75) is 19.4 Å². The zero-order valence-corrected chi connectivity index (χ0v) is 10.7. The van der Waals surface area contributed by atoms with E-state index >= 15 is 0 Å². The van der Waals surface area contributed by atoms with E-state index in [1.54, 1.807) is 6.20 Å². The van der Waals surface area contributed by atoms with Crippen LogP contribution in [0.1, 0.15) is 24.9 Å². The number of halogens is 1. The van der Waals surface area contributed by atoms with Crippen molar-refractivity contribution >= 4 is 15.9 Å². The molecule has 0 amide bonds. The molecule has 0 saturated carbocycles. The molecule has 84 valence electrons. The Hall–Kier alpha value is -1.13. The lowest BCUT2D eigenvalue weighted by Crippen LogP contribution is -2.09. The topological polar surface area (TPSA) is 43.8 Å². The van der Waals surface area contributed by atoms with Crippen LogP contribution in [0, 0.1) is 0 Å². The molecule has 0 radical (unpaired) electrons. The summed E-state index contributed by atoms with van der Waals surface area (Å²) in [5, 5.41) is 4.24. The highest BCUT2D eigenvalue weighted by molar-refractivity contribution is 9.10. The first-order valence-corrected chi connectivity index (χ1v) is 6.06. The predicted molar refractivity (Wildman–Crippen MR) is 68.5 cm³/mol. The molecule has 2 N–H and O–H groups in total. The van der Waals surface area contributed by atoms with Crippen LogP contribution in [0.4, 0.5) is 0 Å². The van der Waals surface area contributed by atoms with E-state index in [1.807, 2.05) is 23.0 Å². The highest BCUT2D eigenvalue weighted by Gasteiger charge is 2.05. The van der Waals surface area contributed by atoms with Crippen LogP contribution >= 0.6 is 15.9 Å². The Balaban J connectivity index is 2.36. The van der Waals surface area contributed by atoms with Gasteiger partial charge in [0.25, 0.3) is 0 Å². The van der Waals surface area contributed by atoms with E-state index in [1.165, 1.54) is 0 Å². The van der Waals surface area contributed by atoms with Gasteiger partial charge in [0.1, 0.15) is 0 Å². The second-order valence-corrected chi connectivity index (χ2v) is 4.63. The van der Waals surface area contributed by atoms with Gasteiger partial charge in [-0.05, 0) is 40.0 Å². The van der Waals surface area contributed by atoms with Crippen molar-refractivity contribution in [1.29, 1.82) is 0 Å². The van der Waals surface area contributed by atoms with Gasteiger partial charge in [-0.3, -0.25) is 0 Å². The molecule has 0 spiro atoms. The first-order chi connectivity index (χ1) is 7.70. The van der Waals surface area contributed by atoms with E-state index in [0.717, 1.165) is 22.1 Å². The average Bonchev–Trinajstić information content (AvgIpc) is 2.75. The number of hydrogen-bond acceptors (Lipinski definition) is 2. The Morgan fingerprint density at radius 3 is 2.94 bits per heavy atom. The minimum Gasteiger partial charge on any atom is -0.324 e. The molecule has 0 aliphatic carbocycles. The van der Waals surface area contributed by atoms with Crippen LogP contribution in [0.5, 0.6) is 0 Å². The Labute approximate surface area is 103 Å². The summed E-state index contributed by atoms with van der Waals surface area (Å²) in [6.07, 6.45) is 4.63. The number of nitrogens with zero attached hydrogens (tertiary/aromatic N) is 2. The third-order valence-corrected chi connectivity index (χ3v) is 2.96. The van der Waals surface area contributed by atoms with E-state index in [-0.39, 0.29) is 6.04 Å². The summed E-state index contributed by atoms with van der Waals surface area (Å²) >= 11 is 3.38. The normalized spacial score (nSPS) is 12.7. The molecule has 3 nitrogen and oxygen atoms in total. The van der Waals surface area contributed by atoms with Gasteiger partial charge >= 0.3 is 0 Å². The van der Waals surface area contributed by atoms with Gasteiger partial charge in [-0.2, -0.15) is 5.10 Å². The highest BCUT2D eigenvalue weighted by atomic mass is 79.9. The lowest BCUT2D eigenvalue weighted by molar-refractivity contribution is 0.697. The zero-order valence-electron chi connectivity index (χ0n) is 9.10. The first kappa shape index (κ1) is 11.4. The van der Waals surface area contributed by atoms with Crippen LogP contribution in [0.3, 0.4) is 0 Å². The van der Waals surface area contributed by atoms with Crippen LogP contribution in [0.2, 0.25) is 0 Å². The molecule has 1 unspecified atom stereocenters. The predicted octanol–water partition coefficient (Wildman–Crippen LogP) is 3.04. The van der Waals surface area contributed by atoms with Gasteiger partial charge in [0.15, 0.2) is 0 Å². The summed E-state index contributed by atoms with van der Waals surface area (Å²) in [5.41, 5.74) is 8.19. The fourth-order valence-electron chi connectivity index (χ4n) is 1.58. The molecule has 1 aromatic heterocycles. The van der Waals surface area contributed by atoms with Crippen molar-refractivity contribution in [1.82, 2.24) is 9.78 Å². The molecule has 0 bridgehead atoms. The number of aromatic nitrogens is 2. The molecule has 4 heteroatoms. The van der Waals surface area contributed by atoms with Crippen LogP contribution in [-0.4, -0.2) is 9.78 Å². The van der Waals surface area contributed by atoms with Crippen molar-refractivity contribution in [3.8, 4) is 5.69 Å². The van der Waals surface area contributed by atoms with Crippen molar-refractivity contribution in [2.75, 3.05) is 0 Å². The monoisotopic (exact) mass is 279 g/mol. The molecule has 0 fully saturated rings. The lowest BCUT2D eigenvalue weighted by atomic mass is 10.1. The molecule has 0 aliphatic heterocycles. The number of hydrogen-bond donors (Lipinski definition) is 1. The molecule has 1 heterocycles. The zero-order chi connectivity index (χ0) is 11.5. The van der Waals surface area contributed by atoms with Gasteiger partial charge in [-0.25, -0.2) is 4.68 Å². The van der Waals surface area contributed by atoms with Crippen LogP contribution in [-0.2, 0) is 0 Å². The maximum absolute atomic E-state index is 6.01. The minimum absolute atomic E-state index is 0.0963. The molecule has 2 aromatic rings. The molecule has 2 rings (SSSR count). The quantitative estimate of drug-likeness (QED) is 0.939. The van der Waals surface area contributed by atoms with Gasteiger partial charge in [0.2, 0.25) is 0 Å². The maximum atomic E-state index is 6.01. The maximum Gasteiger partial charge on any atom is 0.0649 e. The fourth-order valence-corrected chi connectivity index (χ4v) is 1.86. The third-order valence-electron chi connectivity index (χ3n) is 2.55. The number of benzene rings is 1. The Kier molecular flexibility index (Phi) is 3.41. The molecule has 0 aliphatic rings. The van der Waals surface area contributed by atoms with Gasteiger partial charge in [-0.15, -0.1) is 0 Å². The third kappa shape index (κ3) is 2.33. The van der Waals surface area contributed by atoms with E-state index in [4.69, 9.17) is 5.73 Å². The summed E-state index contributed by atoms with van der Waals surface area (Å²) in [4.78, 5) is 0. The van der Waals surface area contributed by atoms with Crippen molar-refractivity contribution in [3.05, 3.63) is 46.7 Å². The van der Waals surface area contributed by atoms with Crippen molar-refractivity contribution in [2.24, 2.45) is 5.73 Å². The molecule has 1 atom stereocenters. The van der Waals surface area contributed by atoms with Crippen LogP contribution in [0.15, 0.2) is 41.1 Å². The average molecular weight is 280 g/mol. The van der Waals surface area contributed by atoms with Gasteiger partial charge in [0.05, 0.1) is 16.4 Å². The van der Waals surface area contributed by atoms with E-state index in [0.29, 0.717) is 0 Å². The van der Waals surface area contributed by atoms with Gasteiger partial charge in [-0.1, -0.05) is 19.1 Å². The van der Waals surface area contributed by atoms with Gasteiger partial charge < -0.3 is 5.73 Å². The minimum atomic E-state index is 0.0963. The van der Waals surface area contributed by atoms with E-state index in [9.17, 15) is 0 Å². The summed E-state index contributed by atoms with van der Waals surface area (Å²) in [6.45, 7) is 2.09. The van der Waals surface area contributed by atoms with Crippen molar-refractivity contribution < 1.29 is 0 Å². The smallest absolute Gasteiger partial charge is 0.0649 e. The summed E-state index contributed by atoms with van der Waals surface area (Å²) in [7, 11) is 0. The second kappa shape index (κ2) is 4.80. The van der Waals surface area contributed by atoms with Crippen LogP contribution < -0.4 is 5.73 Å². The fraction of sp³-hybridized carbons (Fsp3) is 0.250. The van der Waals surface area contributed by atoms with Gasteiger partial charge in [0, 0.05) is 12.2 Å². The molecule has 0 saturated heterocycles. The summed E-state index contributed by atoms with van der Waals surface area (Å²) in [5.74, 6) is 0. The second-order valence-electron chi connectivity index (χ2n) is 3.71. The molecule has 16 heavy (non-hydrogen) atoms. The Bertz CT molecular complexity index is 479. The molecule has 1 aromatic carbocycles. The van der Waals surface area contributed by atoms with Crippen molar-refractivity contribution in [3.63, 3.8) is 0 Å². The van der Waals surface area contributed by atoms with E-state index in [2.05, 4.69) is 40.1 Å². The summed E-state index contributed by atoms with van der Waals surface area (Å²) in [6, 6.07) is 8.25. The number of nitrogens with two attached hydrogens (primary N) is 1. The largest absolute Gasteiger partial charge is 0.324 e. The highest BCUT2D eigenvalue weighted by Crippen LogP contribution is 2.18. The Morgan fingerprint density at radius 2 is 2.31 bits per heavy atom. The SMILES string of the molecule is CCC(N)c1cccc(-n2cc(Br)cn2)c1. The first-order valence-electron chi connectivity index (χ1n) is 5.27. The standard InChI is InChI=1S/C12H14BrN3/c1-2-12(14)9-4-3-5-11(6-9)16-8-10(13)7-15-16/h3-8,12H,2,14H2,1H3. The molecular formula is C12H14BrN3. The Morgan fingerprint density at radius 1 is 1.50 bits per heavy atom. The lowest BCUT2D eigenvalue weighted by Gasteiger charge is -2.10.